The van der Waals surface area contributed by atoms with E-state index in [9.17, 15) is 0 Å². The summed E-state index contributed by atoms with van der Waals surface area (Å²) in [6.07, 6.45) is 1.01. The van der Waals surface area contributed by atoms with Crippen LogP contribution in [-0.4, -0.2) is 0 Å². The van der Waals surface area contributed by atoms with Gasteiger partial charge in [-0.05, 0) is 77.2 Å². The number of aryl methyl sites for hydroxylation is 2. The van der Waals surface area contributed by atoms with Crippen molar-refractivity contribution < 1.29 is 0 Å². The Balaban J connectivity index is 3.83. The minimum atomic E-state index is 0.259. The maximum Gasteiger partial charge on any atom is 0.0308 e. The Kier molecular flexibility index (Phi) is 7.02. The van der Waals surface area contributed by atoms with Crippen molar-refractivity contribution in [2.45, 2.75) is 67.7 Å². The van der Waals surface area contributed by atoms with Crippen LogP contribution in [0.2, 0.25) is 0 Å². The molecule has 0 spiro atoms. The molecule has 1 aromatic carbocycles. The molecule has 1 aromatic rings. The highest BCUT2D eigenvalue weighted by molar-refractivity contribution is 5.53. The van der Waals surface area contributed by atoms with Crippen molar-refractivity contribution in [2.75, 3.05) is 0 Å². The van der Waals surface area contributed by atoms with Crippen molar-refractivity contribution in [1.82, 2.24) is 0 Å². The maximum absolute atomic E-state index is 4.29. The molecule has 1 atom stereocenters. The molecule has 0 amide bonds. The predicted molar refractivity (Wildman–Crippen MR) is 110 cm³/mol. The standard InChI is InChI=1S/C24H34/c1-11-21(20(10)15(2)3)24(23(16(4)5)17(6)7)22-13-12-18(8)14-19(22)9/h12-14,24H,2,4,11H2,1,3,5-10H3/b21-20+. The molecule has 0 aliphatic carbocycles. The van der Waals surface area contributed by atoms with Crippen molar-refractivity contribution in [1.29, 1.82) is 0 Å². The Morgan fingerprint density at radius 2 is 1.54 bits per heavy atom. The molecule has 0 aliphatic rings. The minimum absolute atomic E-state index is 0.259. The Morgan fingerprint density at radius 1 is 0.958 bits per heavy atom. The third-order valence-electron chi connectivity index (χ3n) is 4.87. The van der Waals surface area contributed by atoms with E-state index in [0.717, 1.165) is 17.6 Å². The van der Waals surface area contributed by atoms with Crippen LogP contribution < -0.4 is 0 Å². The summed E-state index contributed by atoms with van der Waals surface area (Å²) in [4.78, 5) is 0. The van der Waals surface area contributed by atoms with E-state index in [1.165, 1.54) is 39.0 Å². The van der Waals surface area contributed by atoms with E-state index in [1.54, 1.807) is 0 Å². The molecule has 0 bridgehead atoms. The summed E-state index contributed by atoms with van der Waals surface area (Å²) in [5.74, 6) is 0.259. The van der Waals surface area contributed by atoms with Crippen LogP contribution in [0, 0.1) is 13.8 Å². The second-order valence-electron chi connectivity index (χ2n) is 7.27. The molecule has 0 heterocycles. The van der Waals surface area contributed by atoms with Crippen LogP contribution in [0.5, 0.6) is 0 Å². The van der Waals surface area contributed by atoms with Crippen molar-refractivity contribution >= 4 is 0 Å². The van der Waals surface area contributed by atoms with Gasteiger partial charge in [-0.3, -0.25) is 0 Å². The Bertz CT molecular complexity index is 704. The molecular weight excluding hydrogens is 288 g/mol. The third kappa shape index (κ3) is 4.38. The number of benzene rings is 1. The normalized spacial score (nSPS) is 13.2. The van der Waals surface area contributed by atoms with Crippen LogP contribution in [0.15, 0.2) is 64.8 Å². The van der Waals surface area contributed by atoms with Gasteiger partial charge >= 0.3 is 0 Å². The maximum atomic E-state index is 4.29. The fourth-order valence-corrected chi connectivity index (χ4v) is 3.59. The second-order valence-corrected chi connectivity index (χ2v) is 7.27. The number of hydrogen-bond donors (Lipinski definition) is 0. The summed E-state index contributed by atoms with van der Waals surface area (Å²) >= 11 is 0. The number of rotatable bonds is 6. The first-order chi connectivity index (χ1) is 11.1. The van der Waals surface area contributed by atoms with Crippen LogP contribution in [0.1, 0.15) is 70.6 Å². The highest BCUT2D eigenvalue weighted by Gasteiger charge is 2.25. The topological polar surface area (TPSA) is 0 Å². The van der Waals surface area contributed by atoms with Crippen LogP contribution in [0.3, 0.4) is 0 Å². The molecule has 0 saturated carbocycles. The van der Waals surface area contributed by atoms with Gasteiger partial charge in [-0.25, -0.2) is 0 Å². The van der Waals surface area contributed by atoms with E-state index >= 15 is 0 Å². The molecule has 0 aliphatic heterocycles. The molecule has 130 valence electrons. The predicted octanol–water partition coefficient (Wildman–Crippen LogP) is 7.60. The lowest BCUT2D eigenvalue weighted by Gasteiger charge is -2.29. The molecule has 24 heavy (non-hydrogen) atoms. The quantitative estimate of drug-likeness (QED) is 0.473. The Morgan fingerprint density at radius 3 is 1.92 bits per heavy atom. The van der Waals surface area contributed by atoms with Crippen LogP contribution in [0.25, 0.3) is 0 Å². The van der Waals surface area contributed by atoms with E-state index in [4.69, 9.17) is 0 Å². The van der Waals surface area contributed by atoms with Gasteiger partial charge in [-0.15, -0.1) is 0 Å². The van der Waals surface area contributed by atoms with E-state index in [-0.39, 0.29) is 5.92 Å². The van der Waals surface area contributed by atoms with Gasteiger partial charge < -0.3 is 0 Å². The molecule has 0 saturated heterocycles. The zero-order chi connectivity index (χ0) is 18.6. The SMILES string of the molecule is C=C(C)C(=C(C)C)C(/C(CC)=C(\C)C(=C)C)c1ccc(C)cc1C. The fraction of sp³-hybridized carbons (Fsp3) is 0.417. The van der Waals surface area contributed by atoms with Gasteiger partial charge in [0.15, 0.2) is 0 Å². The lowest BCUT2D eigenvalue weighted by molar-refractivity contribution is 0.831. The lowest BCUT2D eigenvalue weighted by atomic mass is 9.75. The van der Waals surface area contributed by atoms with Crippen molar-refractivity contribution in [3.8, 4) is 0 Å². The van der Waals surface area contributed by atoms with E-state index < -0.39 is 0 Å². The van der Waals surface area contributed by atoms with E-state index in [0.29, 0.717) is 0 Å². The average Bonchev–Trinajstić information content (AvgIpc) is 2.46. The molecule has 1 rings (SSSR count). The smallest absolute Gasteiger partial charge is 0.0308 e. The van der Waals surface area contributed by atoms with Crippen LogP contribution in [0.4, 0.5) is 0 Å². The Hall–Kier alpha value is -1.82. The summed E-state index contributed by atoms with van der Waals surface area (Å²) < 4.78 is 0. The van der Waals surface area contributed by atoms with Crippen molar-refractivity contribution in [3.05, 3.63) is 81.5 Å². The molecule has 0 heteroatoms. The lowest BCUT2D eigenvalue weighted by Crippen LogP contribution is -2.12. The summed E-state index contributed by atoms with van der Waals surface area (Å²) in [6, 6.07) is 6.80. The summed E-state index contributed by atoms with van der Waals surface area (Å²) in [5, 5.41) is 0. The summed E-state index contributed by atoms with van der Waals surface area (Å²) in [7, 11) is 0. The molecule has 0 aromatic heterocycles. The van der Waals surface area contributed by atoms with E-state index in [2.05, 4.69) is 86.7 Å². The van der Waals surface area contributed by atoms with Gasteiger partial charge in [0.25, 0.3) is 0 Å². The van der Waals surface area contributed by atoms with Gasteiger partial charge in [0.2, 0.25) is 0 Å². The first-order valence-corrected chi connectivity index (χ1v) is 8.87. The molecule has 0 fully saturated rings. The highest BCUT2D eigenvalue weighted by atomic mass is 14.3. The number of hydrogen-bond acceptors (Lipinski definition) is 0. The summed E-state index contributed by atoms with van der Waals surface area (Å²) in [5.41, 5.74) is 11.8. The average molecular weight is 323 g/mol. The molecule has 0 nitrogen and oxygen atoms in total. The first-order valence-electron chi connectivity index (χ1n) is 8.87. The van der Waals surface area contributed by atoms with Gasteiger partial charge in [0.1, 0.15) is 0 Å². The molecule has 1 unspecified atom stereocenters. The first kappa shape index (κ1) is 20.2. The minimum Gasteiger partial charge on any atom is -0.0958 e. The second kappa shape index (κ2) is 8.33. The number of allylic oxidation sites excluding steroid dienone is 6. The van der Waals surface area contributed by atoms with Crippen LogP contribution >= 0.6 is 0 Å². The van der Waals surface area contributed by atoms with Crippen molar-refractivity contribution in [3.63, 3.8) is 0 Å². The van der Waals surface area contributed by atoms with Crippen LogP contribution in [-0.2, 0) is 0 Å². The Labute approximate surface area is 149 Å². The van der Waals surface area contributed by atoms with Gasteiger partial charge in [0, 0.05) is 5.92 Å². The van der Waals surface area contributed by atoms with Gasteiger partial charge in [0.05, 0.1) is 0 Å². The van der Waals surface area contributed by atoms with Crippen molar-refractivity contribution in [2.24, 2.45) is 0 Å². The summed E-state index contributed by atoms with van der Waals surface area (Å²) in [6.45, 7) is 25.9. The fourth-order valence-electron chi connectivity index (χ4n) is 3.59. The third-order valence-corrected chi connectivity index (χ3v) is 4.87. The van der Waals surface area contributed by atoms with Gasteiger partial charge in [-0.2, -0.15) is 0 Å². The zero-order valence-corrected chi connectivity index (χ0v) is 16.9. The highest BCUT2D eigenvalue weighted by Crippen LogP contribution is 2.42. The molecule has 0 N–H and O–H groups in total. The molecular formula is C24H34. The molecule has 0 radical (unpaired) electrons. The largest absolute Gasteiger partial charge is 0.0958 e. The zero-order valence-electron chi connectivity index (χ0n) is 16.9. The van der Waals surface area contributed by atoms with Gasteiger partial charge in [-0.1, -0.05) is 66.1 Å². The monoisotopic (exact) mass is 322 g/mol. The van der Waals surface area contributed by atoms with E-state index in [1.807, 2.05) is 0 Å².